The van der Waals surface area contributed by atoms with E-state index in [0.717, 1.165) is 45.3 Å². The van der Waals surface area contributed by atoms with E-state index in [1.165, 1.54) is 11.1 Å². The van der Waals surface area contributed by atoms with Gasteiger partial charge in [-0.05, 0) is 74.2 Å². The quantitative estimate of drug-likeness (QED) is 0.804. The molecule has 0 bridgehead atoms. The predicted octanol–water partition coefficient (Wildman–Crippen LogP) is 3.59. The molecule has 0 radical (unpaired) electrons. The third-order valence-corrected chi connectivity index (χ3v) is 6.89. The van der Waals surface area contributed by atoms with Crippen molar-refractivity contribution in [3.8, 4) is 0 Å². The molecule has 3 aliphatic rings. The Morgan fingerprint density at radius 2 is 1.57 bits per heavy atom. The lowest BCUT2D eigenvalue weighted by Crippen LogP contribution is -2.53. The van der Waals surface area contributed by atoms with Gasteiger partial charge in [-0.15, -0.1) is 0 Å². The van der Waals surface area contributed by atoms with Crippen LogP contribution in [0.4, 0.5) is 10.5 Å². The molecule has 0 saturated carbocycles. The Hall–Kier alpha value is -2.86. The largest absolute Gasteiger partial charge is 0.333 e. The van der Waals surface area contributed by atoms with Gasteiger partial charge < -0.3 is 20.4 Å². The third-order valence-electron chi connectivity index (χ3n) is 6.89. The van der Waals surface area contributed by atoms with Crippen LogP contribution in [0.5, 0.6) is 0 Å². The fourth-order valence-electron chi connectivity index (χ4n) is 5.20. The highest BCUT2D eigenvalue weighted by Crippen LogP contribution is 2.37. The summed E-state index contributed by atoms with van der Waals surface area (Å²) in [5, 5.41) is 6.37. The number of hydrogen-bond donors (Lipinski definition) is 2. The van der Waals surface area contributed by atoms with Crippen LogP contribution in [0.15, 0.2) is 48.5 Å². The molecule has 2 aromatic carbocycles. The van der Waals surface area contributed by atoms with E-state index < -0.39 is 0 Å². The van der Waals surface area contributed by atoms with Crippen molar-refractivity contribution in [2.45, 2.75) is 44.3 Å². The van der Waals surface area contributed by atoms with Crippen molar-refractivity contribution in [3.05, 3.63) is 65.2 Å². The normalized spacial score (nSPS) is 19.7. The molecule has 0 aromatic heterocycles. The van der Waals surface area contributed by atoms with Crippen molar-refractivity contribution < 1.29 is 9.59 Å². The summed E-state index contributed by atoms with van der Waals surface area (Å²) >= 11 is 0. The average Bonchev–Trinajstić information content (AvgIpc) is 3.39. The second-order valence-corrected chi connectivity index (χ2v) is 8.67. The molecule has 156 valence electrons. The van der Waals surface area contributed by atoms with Crippen LogP contribution in [0.3, 0.4) is 0 Å². The molecular formula is C24H28N4O2. The fourth-order valence-corrected chi connectivity index (χ4v) is 5.20. The Morgan fingerprint density at radius 3 is 2.23 bits per heavy atom. The Labute approximate surface area is 177 Å². The number of hydrogen-bond acceptors (Lipinski definition) is 3. The molecule has 0 atom stereocenters. The number of fused-ring (bicyclic) bond motifs is 1. The number of rotatable bonds is 2. The second-order valence-electron chi connectivity index (χ2n) is 8.67. The highest BCUT2D eigenvalue weighted by atomic mass is 16.2. The molecule has 6 heteroatoms. The van der Waals surface area contributed by atoms with Crippen LogP contribution in [0.1, 0.15) is 47.2 Å². The van der Waals surface area contributed by atoms with Crippen molar-refractivity contribution in [3.63, 3.8) is 0 Å². The molecular weight excluding hydrogens is 376 g/mol. The van der Waals surface area contributed by atoms with Gasteiger partial charge in [-0.1, -0.05) is 24.3 Å². The van der Waals surface area contributed by atoms with Crippen LogP contribution in [-0.2, 0) is 13.1 Å². The number of carbonyl (C=O) groups excluding carboxylic acids is 2. The fraction of sp³-hybridized carbons (Fsp3) is 0.417. The average molecular weight is 405 g/mol. The third kappa shape index (κ3) is 3.45. The number of anilines is 1. The SMILES string of the molecule is O=C(Nc1ccc(C(=O)N2CCCC23CCNCC3)cc1)N1Cc2ccccc2C1. The lowest BCUT2D eigenvalue weighted by Gasteiger charge is -2.42. The molecule has 2 fully saturated rings. The molecule has 30 heavy (non-hydrogen) atoms. The van der Waals surface area contributed by atoms with Gasteiger partial charge in [0.2, 0.25) is 0 Å². The first-order valence-corrected chi connectivity index (χ1v) is 10.9. The molecule has 3 amide bonds. The Balaban J connectivity index is 1.24. The summed E-state index contributed by atoms with van der Waals surface area (Å²) in [4.78, 5) is 29.7. The highest BCUT2D eigenvalue weighted by molar-refractivity contribution is 5.96. The number of nitrogens with zero attached hydrogens (tertiary/aromatic N) is 2. The van der Waals surface area contributed by atoms with Crippen molar-refractivity contribution in [1.29, 1.82) is 0 Å². The van der Waals surface area contributed by atoms with Crippen molar-refractivity contribution in [2.24, 2.45) is 0 Å². The van der Waals surface area contributed by atoms with Crippen LogP contribution in [0.2, 0.25) is 0 Å². The number of nitrogens with one attached hydrogen (secondary N) is 2. The zero-order valence-electron chi connectivity index (χ0n) is 17.2. The number of likely N-dealkylation sites (tertiary alicyclic amines) is 1. The highest BCUT2D eigenvalue weighted by Gasteiger charge is 2.44. The molecule has 0 unspecified atom stereocenters. The van der Waals surface area contributed by atoms with Gasteiger partial charge in [0.15, 0.2) is 0 Å². The minimum Gasteiger partial charge on any atom is -0.333 e. The monoisotopic (exact) mass is 404 g/mol. The van der Waals surface area contributed by atoms with Crippen LogP contribution >= 0.6 is 0 Å². The maximum absolute atomic E-state index is 13.2. The summed E-state index contributed by atoms with van der Waals surface area (Å²) in [6, 6.07) is 15.4. The number of piperidine rings is 1. The summed E-state index contributed by atoms with van der Waals surface area (Å²) in [7, 11) is 0. The minimum atomic E-state index is -0.113. The van der Waals surface area contributed by atoms with Gasteiger partial charge in [-0.2, -0.15) is 0 Å². The van der Waals surface area contributed by atoms with Gasteiger partial charge >= 0.3 is 6.03 Å². The standard InChI is InChI=1S/C24H28N4O2/c29-22(28-15-3-10-24(28)11-13-25-14-12-24)18-6-8-21(9-7-18)26-23(30)27-16-19-4-1-2-5-20(19)17-27/h1-2,4-9,25H,3,10-17H2,(H,26,30). The van der Waals surface area contributed by atoms with E-state index in [1.54, 1.807) is 4.90 Å². The summed E-state index contributed by atoms with van der Waals surface area (Å²) in [5.41, 5.74) is 3.84. The van der Waals surface area contributed by atoms with Crippen LogP contribution in [0, 0.1) is 0 Å². The van der Waals surface area contributed by atoms with E-state index in [0.29, 0.717) is 24.3 Å². The lowest BCUT2D eigenvalue weighted by atomic mass is 9.85. The number of carbonyl (C=O) groups is 2. The summed E-state index contributed by atoms with van der Waals surface area (Å²) < 4.78 is 0. The molecule has 6 nitrogen and oxygen atoms in total. The predicted molar refractivity (Wildman–Crippen MR) is 116 cm³/mol. The summed E-state index contributed by atoms with van der Waals surface area (Å²) in [5.74, 6) is 0.113. The smallest absolute Gasteiger partial charge is 0.322 e. The van der Waals surface area contributed by atoms with Gasteiger partial charge in [0.25, 0.3) is 5.91 Å². The molecule has 1 spiro atoms. The van der Waals surface area contributed by atoms with Crippen molar-refractivity contribution in [1.82, 2.24) is 15.1 Å². The topological polar surface area (TPSA) is 64.7 Å². The van der Waals surface area contributed by atoms with Crippen molar-refractivity contribution >= 4 is 17.6 Å². The van der Waals surface area contributed by atoms with Gasteiger partial charge in [0.1, 0.15) is 0 Å². The van der Waals surface area contributed by atoms with Crippen molar-refractivity contribution in [2.75, 3.05) is 25.0 Å². The number of urea groups is 1. The Bertz CT molecular complexity index is 925. The summed E-state index contributed by atoms with van der Waals surface area (Å²) in [6.45, 7) is 4.06. The maximum Gasteiger partial charge on any atom is 0.322 e. The lowest BCUT2D eigenvalue weighted by molar-refractivity contribution is 0.0519. The molecule has 5 rings (SSSR count). The first-order valence-electron chi connectivity index (χ1n) is 10.9. The summed E-state index contributed by atoms with van der Waals surface area (Å²) in [6.07, 6.45) is 4.25. The van der Waals surface area contributed by atoms with E-state index in [-0.39, 0.29) is 17.5 Å². The van der Waals surface area contributed by atoms with Crippen LogP contribution in [-0.4, -0.2) is 46.9 Å². The molecule has 2 saturated heterocycles. The van der Waals surface area contributed by atoms with Crippen LogP contribution < -0.4 is 10.6 Å². The van der Waals surface area contributed by atoms with Crippen LogP contribution in [0.25, 0.3) is 0 Å². The van der Waals surface area contributed by atoms with E-state index in [9.17, 15) is 9.59 Å². The second kappa shape index (κ2) is 7.76. The Kier molecular flexibility index (Phi) is 4.95. The maximum atomic E-state index is 13.2. The zero-order chi connectivity index (χ0) is 20.6. The number of benzene rings is 2. The van der Waals surface area contributed by atoms with Gasteiger partial charge in [0, 0.05) is 36.4 Å². The van der Waals surface area contributed by atoms with Gasteiger partial charge in [-0.25, -0.2) is 4.79 Å². The van der Waals surface area contributed by atoms with Gasteiger partial charge in [0.05, 0.1) is 0 Å². The van der Waals surface area contributed by atoms with E-state index in [1.807, 2.05) is 36.4 Å². The molecule has 2 N–H and O–H groups in total. The van der Waals surface area contributed by atoms with E-state index in [2.05, 4.69) is 27.7 Å². The Morgan fingerprint density at radius 1 is 0.900 bits per heavy atom. The first-order chi connectivity index (χ1) is 14.6. The molecule has 3 aliphatic heterocycles. The van der Waals surface area contributed by atoms with Gasteiger partial charge in [-0.3, -0.25) is 4.79 Å². The van der Waals surface area contributed by atoms with E-state index in [4.69, 9.17) is 0 Å². The molecule has 2 aromatic rings. The first kappa shape index (κ1) is 19.1. The molecule has 3 heterocycles. The zero-order valence-corrected chi connectivity index (χ0v) is 17.2. The minimum absolute atomic E-state index is 0.0278. The molecule has 0 aliphatic carbocycles. The number of amides is 3. The van der Waals surface area contributed by atoms with E-state index >= 15 is 0 Å².